The third kappa shape index (κ3) is 2.87. The van der Waals surface area contributed by atoms with Crippen LogP contribution in [0.5, 0.6) is 0 Å². The van der Waals surface area contributed by atoms with Crippen molar-refractivity contribution in [3.8, 4) is 0 Å². The summed E-state index contributed by atoms with van der Waals surface area (Å²) >= 11 is 0. The second kappa shape index (κ2) is 5.18. The molecular weight excluding hydrogens is 228 g/mol. The lowest BCUT2D eigenvalue weighted by Crippen LogP contribution is -2.26. The highest BCUT2D eigenvalue weighted by molar-refractivity contribution is 5.97. The molecule has 2 heterocycles. The molecule has 5 nitrogen and oxygen atoms in total. The summed E-state index contributed by atoms with van der Waals surface area (Å²) in [4.78, 5) is 18.2. The number of nitrogens with zero attached hydrogens (tertiary/aromatic N) is 4. The fourth-order valence-corrected chi connectivity index (χ4v) is 1.85. The first-order valence-electron chi connectivity index (χ1n) is 5.86. The maximum atomic E-state index is 12.0. The molecule has 0 atom stereocenters. The lowest BCUT2D eigenvalue weighted by atomic mass is 10.2. The Kier molecular flexibility index (Phi) is 3.62. The molecule has 0 amide bonds. The Morgan fingerprint density at radius 3 is 2.72 bits per heavy atom. The number of ketones is 1. The minimum absolute atomic E-state index is 0.132. The summed E-state index contributed by atoms with van der Waals surface area (Å²) in [7, 11) is 5.79. The van der Waals surface area contributed by atoms with Gasteiger partial charge in [0.1, 0.15) is 5.82 Å². The molecule has 0 aromatic carbocycles. The Morgan fingerprint density at radius 1 is 1.39 bits per heavy atom. The average Bonchev–Trinajstić information content (AvgIpc) is 2.89. The van der Waals surface area contributed by atoms with E-state index in [1.54, 1.807) is 6.20 Å². The van der Waals surface area contributed by atoms with Gasteiger partial charge in [0.05, 0.1) is 13.1 Å². The number of imidazole rings is 1. The van der Waals surface area contributed by atoms with Gasteiger partial charge in [-0.1, -0.05) is 0 Å². The molecular formula is C13H18N4O. The number of Topliss-reactive ketones (excluding diaryl/α,β-unsaturated/α-hetero) is 1. The van der Waals surface area contributed by atoms with Crippen molar-refractivity contribution in [1.29, 1.82) is 0 Å². The van der Waals surface area contributed by atoms with E-state index in [4.69, 9.17) is 0 Å². The van der Waals surface area contributed by atoms with Crippen LogP contribution in [0.1, 0.15) is 16.2 Å². The molecule has 0 unspecified atom stereocenters. The summed E-state index contributed by atoms with van der Waals surface area (Å²) < 4.78 is 3.84. The van der Waals surface area contributed by atoms with E-state index in [-0.39, 0.29) is 5.78 Å². The highest BCUT2D eigenvalue weighted by Gasteiger charge is 2.12. The van der Waals surface area contributed by atoms with Crippen LogP contribution in [0, 0.1) is 0 Å². The third-order valence-corrected chi connectivity index (χ3v) is 2.90. The summed E-state index contributed by atoms with van der Waals surface area (Å²) in [6, 6.07) is 1.84. The predicted octanol–water partition coefficient (Wildman–Crippen LogP) is 1.07. The van der Waals surface area contributed by atoms with Crippen molar-refractivity contribution >= 4 is 5.78 Å². The van der Waals surface area contributed by atoms with Crippen LogP contribution < -0.4 is 0 Å². The van der Waals surface area contributed by atoms with Crippen LogP contribution >= 0.6 is 0 Å². The Balaban J connectivity index is 1.93. The topological polar surface area (TPSA) is 43.1 Å². The van der Waals surface area contributed by atoms with Gasteiger partial charge in [0, 0.05) is 44.4 Å². The van der Waals surface area contributed by atoms with Gasteiger partial charge in [0.15, 0.2) is 5.78 Å². The molecule has 2 rings (SSSR count). The molecule has 0 saturated carbocycles. The maximum absolute atomic E-state index is 12.0. The monoisotopic (exact) mass is 246 g/mol. The highest BCUT2D eigenvalue weighted by atomic mass is 16.1. The van der Waals surface area contributed by atoms with Crippen molar-refractivity contribution in [3.05, 3.63) is 42.2 Å². The minimum atomic E-state index is 0.132. The number of aromatic nitrogens is 3. The molecule has 0 bridgehead atoms. The van der Waals surface area contributed by atoms with E-state index >= 15 is 0 Å². The summed E-state index contributed by atoms with van der Waals surface area (Å²) in [5.41, 5.74) is 0.754. The molecule has 0 spiro atoms. The van der Waals surface area contributed by atoms with Crippen molar-refractivity contribution in [3.63, 3.8) is 0 Å². The van der Waals surface area contributed by atoms with Gasteiger partial charge in [-0.3, -0.25) is 9.69 Å². The predicted molar refractivity (Wildman–Crippen MR) is 69.3 cm³/mol. The van der Waals surface area contributed by atoms with Crippen molar-refractivity contribution < 1.29 is 4.79 Å². The molecule has 0 fully saturated rings. The van der Waals surface area contributed by atoms with Gasteiger partial charge in [-0.15, -0.1) is 0 Å². The largest absolute Gasteiger partial charge is 0.357 e. The number of aryl methyl sites for hydroxylation is 2. The summed E-state index contributed by atoms with van der Waals surface area (Å²) in [6.45, 7) is 1.07. The molecule has 0 aliphatic rings. The van der Waals surface area contributed by atoms with Crippen LogP contribution in [0.15, 0.2) is 30.9 Å². The maximum Gasteiger partial charge on any atom is 0.178 e. The third-order valence-electron chi connectivity index (χ3n) is 2.90. The van der Waals surface area contributed by atoms with Crippen molar-refractivity contribution in [2.24, 2.45) is 14.1 Å². The van der Waals surface area contributed by atoms with Crippen LogP contribution in [0.2, 0.25) is 0 Å². The highest BCUT2D eigenvalue weighted by Crippen LogP contribution is 2.04. The number of hydrogen-bond acceptors (Lipinski definition) is 3. The Hall–Kier alpha value is -1.88. The second-order valence-electron chi connectivity index (χ2n) is 4.62. The van der Waals surface area contributed by atoms with Gasteiger partial charge in [-0.2, -0.15) is 0 Å². The van der Waals surface area contributed by atoms with Gasteiger partial charge < -0.3 is 9.13 Å². The van der Waals surface area contributed by atoms with E-state index in [2.05, 4.69) is 4.98 Å². The molecule has 0 aliphatic heterocycles. The minimum Gasteiger partial charge on any atom is -0.357 e. The zero-order valence-corrected chi connectivity index (χ0v) is 11.0. The van der Waals surface area contributed by atoms with Crippen LogP contribution in [0.3, 0.4) is 0 Å². The van der Waals surface area contributed by atoms with Crippen molar-refractivity contribution in [1.82, 2.24) is 19.0 Å². The molecule has 0 N–H and O–H groups in total. The van der Waals surface area contributed by atoms with E-state index in [9.17, 15) is 4.79 Å². The first kappa shape index (κ1) is 12.6. The Bertz CT molecular complexity index is 541. The molecule has 5 heteroatoms. The van der Waals surface area contributed by atoms with Crippen LogP contribution in [0.4, 0.5) is 0 Å². The number of hydrogen-bond donors (Lipinski definition) is 0. The van der Waals surface area contributed by atoms with Crippen molar-refractivity contribution in [2.75, 3.05) is 13.6 Å². The lowest BCUT2D eigenvalue weighted by Gasteiger charge is -2.14. The zero-order chi connectivity index (χ0) is 13.1. The fourth-order valence-electron chi connectivity index (χ4n) is 1.85. The standard InChI is InChI=1S/C13H18N4O/c1-15-6-4-11(8-15)12(18)9-16(2)10-13-14-5-7-17(13)3/h4-8H,9-10H2,1-3H3. The quantitative estimate of drug-likeness (QED) is 0.741. The van der Waals surface area contributed by atoms with Crippen LogP contribution in [-0.4, -0.2) is 38.4 Å². The molecule has 18 heavy (non-hydrogen) atoms. The first-order valence-corrected chi connectivity index (χ1v) is 5.86. The number of carbonyl (C=O) groups is 1. The van der Waals surface area contributed by atoms with E-state index < -0.39 is 0 Å². The number of rotatable bonds is 5. The van der Waals surface area contributed by atoms with Crippen LogP contribution in [0.25, 0.3) is 0 Å². The van der Waals surface area contributed by atoms with Gasteiger partial charge in [-0.05, 0) is 13.1 Å². The molecule has 0 saturated heterocycles. The molecule has 2 aromatic rings. The van der Waals surface area contributed by atoms with Gasteiger partial charge in [0.2, 0.25) is 0 Å². The number of likely N-dealkylation sites (N-methyl/N-ethyl adjacent to an activating group) is 1. The fraction of sp³-hybridized carbons (Fsp3) is 0.385. The summed E-state index contributed by atoms with van der Waals surface area (Å²) in [5.74, 6) is 1.09. The van der Waals surface area contributed by atoms with E-state index in [0.29, 0.717) is 13.1 Å². The molecule has 0 radical (unpaired) electrons. The smallest absolute Gasteiger partial charge is 0.178 e. The van der Waals surface area contributed by atoms with E-state index in [0.717, 1.165) is 11.4 Å². The normalized spacial score (nSPS) is 11.1. The summed E-state index contributed by atoms with van der Waals surface area (Å²) in [6.07, 6.45) is 7.40. The SMILES string of the molecule is CN(CC(=O)c1ccn(C)c1)Cc1nccn1C. The molecule has 2 aromatic heterocycles. The van der Waals surface area contributed by atoms with Gasteiger partial charge >= 0.3 is 0 Å². The molecule has 96 valence electrons. The van der Waals surface area contributed by atoms with E-state index in [1.165, 1.54) is 0 Å². The Labute approximate surface area is 107 Å². The number of carbonyl (C=O) groups excluding carboxylic acids is 1. The van der Waals surface area contributed by atoms with Gasteiger partial charge in [0.25, 0.3) is 0 Å². The van der Waals surface area contributed by atoms with Crippen LogP contribution in [-0.2, 0) is 20.6 Å². The zero-order valence-electron chi connectivity index (χ0n) is 11.0. The van der Waals surface area contributed by atoms with Crippen molar-refractivity contribution in [2.45, 2.75) is 6.54 Å². The average molecular weight is 246 g/mol. The Morgan fingerprint density at radius 2 is 2.17 bits per heavy atom. The molecule has 0 aliphatic carbocycles. The van der Waals surface area contributed by atoms with E-state index in [1.807, 2.05) is 59.8 Å². The lowest BCUT2D eigenvalue weighted by molar-refractivity contribution is 0.0941. The van der Waals surface area contributed by atoms with Gasteiger partial charge in [-0.25, -0.2) is 4.98 Å². The summed E-state index contributed by atoms with van der Waals surface area (Å²) in [5, 5.41) is 0. The second-order valence-corrected chi connectivity index (χ2v) is 4.62. The first-order chi connectivity index (χ1) is 8.56.